The average Bonchev–Trinajstić information content (AvgIpc) is 2.77. The Bertz CT molecular complexity index is 1030. The molecule has 0 aliphatic carbocycles. The van der Waals surface area contributed by atoms with Crippen molar-refractivity contribution in [3.63, 3.8) is 0 Å². The number of allylic oxidation sites excluding steroid dienone is 1. The molecule has 1 fully saturated rings. The Hall–Kier alpha value is -3.81. The van der Waals surface area contributed by atoms with Gasteiger partial charge in [0.05, 0.1) is 18.4 Å². The number of carbonyl (C=O) groups is 1. The number of nitrogens with two attached hydrogens (primary N) is 3. The lowest BCUT2D eigenvalue weighted by atomic mass is 9.89. The van der Waals surface area contributed by atoms with Gasteiger partial charge in [0, 0.05) is 30.3 Å². The summed E-state index contributed by atoms with van der Waals surface area (Å²) in [4.78, 5) is 13.3. The monoisotopic (exact) mass is 424 g/mol. The summed E-state index contributed by atoms with van der Waals surface area (Å²) in [6.07, 6.45) is 3.48. The molecule has 2 aromatic rings. The fraction of sp³-hybridized carbons (Fsp3) is 0.261. The quantitative estimate of drug-likeness (QED) is 0.444. The summed E-state index contributed by atoms with van der Waals surface area (Å²) in [7, 11) is 1.53. The molecule has 0 amide bonds. The van der Waals surface area contributed by atoms with Crippen molar-refractivity contribution in [2.24, 2.45) is 17.2 Å². The summed E-state index contributed by atoms with van der Waals surface area (Å²) < 4.78 is 5.47. The van der Waals surface area contributed by atoms with E-state index < -0.39 is 5.97 Å². The summed E-state index contributed by atoms with van der Waals surface area (Å²) in [6.45, 7) is 1.35. The van der Waals surface area contributed by atoms with E-state index in [0.717, 1.165) is 24.9 Å². The number of aromatic hydroxyl groups is 1. The fourth-order valence-electron chi connectivity index (χ4n) is 3.93. The molecule has 2 aromatic carbocycles. The second kappa shape index (κ2) is 9.34. The second-order valence-corrected chi connectivity index (χ2v) is 7.50. The van der Waals surface area contributed by atoms with Gasteiger partial charge in [-0.05, 0) is 48.7 Å². The summed E-state index contributed by atoms with van der Waals surface area (Å²) >= 11 is 0. The summed E-state index contributed by atoms with van der Waals surface area (Å²) in [5.74, 6) is -0.151. The molecule has 1 unspecified atom stereocenters. The number of methoxy groups -OCH3 is 1. The second-order valence-electron chi connectivity index (χ2n) is 7.50. The molecule has 1 saturated heterocycles. The van der Waals surface area contributed by atoms with Gasteiger partial charge in [-0.25, -0.2) is 4.79 Å². The van der Waals surface area contributed by atoms with Gasteiger partial charge in [0.25, 0.3) is 0 Å². The highest BCUT2D eigenvalue weighted by Crippen LogP contribution is 2.35. The minimum Gasteiger partial charge on any atom is -0.507 e. The van der Waals surface area contributed by atoms with Gasteiger partial charge in [0.2, 0.25) is 0 Å². The Labute approximate surface area is 181 Å². The predicted molar refractivity (Wildman–Crippen MR) is 119 cm³/mol. The van der Waals surface area contributed by atoms with Crippen LogP contribution in [0.4, 0.5) is 0 Å². The first kappa shape index (κ1) is 21.9. The Morgan fingerprint density at radius 1 is 1.19 bits per heavy atom. The van der Waals surface area contributed by atoms with Crippen molar-refractivity contribution >= 4 is 11.7 Å². The molecule has 8 heteroatoms. The molecule has 0 aromatic heterocycles. The number of phenols is 1. The fourth-order valence-corrected chi connectivity index (χ4v) is 3.93. The highest BCUT2D eigenvalue weighted by atomic mass is 16.5. The van der Waals surface area contributed by atoms with Crippen LogP contribution in [0.5, 0.6) is 11.5 Å². The van der Waals surface area contributed by atoms with E-state index >= 15 is 0 Å². The number of likely N-dealkylation sites (tertiary alicyclic amines) is 1. The van der Waals surface area contributed by atoms with E-state index in [9.17, 15) is 15.0 Å². The van der Waals surface area contributed by atoms with E-state index in [2.05, 4.69) is 4.90 Å². The molecule has 1 atom stereocenters. The topological polar surface area (TPSA) is 148 Å². The molecule has 0 radical (unpaired) electrons. The maximum atomic E-state index is 11.3. The van der Waals surface area contributed by atoms with E-state index in [1.54, 1.807) is 48.5 Å². The number of nitrogens with zero attached hydrogens (tertiary/aromatic N) is 1. The van der Waals surface area contributed by atoms with Crippen molar-refractivity contribution in [3.8, 4) is 11.5 Å². The van der Waals surface area contributed by atoms with Crippen LogP contribution in [0.25, 0.3) is 5.70 Å². The summed E-state index contributed by atoms with van der Waals surface area (Å²) in [5, 5.41) is 19.3. The maximum Gasteiger partial charge on any atom is 0.335 e. The van der Waals surface area contributed by atoms with E-state index in [-0.39, 0.29) is 23.1 Å². The van der Waals surface area contributed by atoms with Crippen LogP contribution < -0.4 is 21.9 Å². The zero-order chi connectivity index (χ0) is 22.5. The zero-order valence-corrected chi connectivity index (χ0v) is 17.4. The van der Waals surface area contributed by atoms with Gasteiger partial charge in [-0.2, -0.15) is 0 Å². The molecular weight excluding hydrogens is 396 g/mol. The van der Waals surface area contributed by atoms with Crippen LogP contribution in [0.1, 0.15) is 40.2 Å². The van der Waals surface area contributed by atoms with E-state index in [1.165, 1.54) is 7.11 Å². The molecule has 8 N–H and O–H groups in total. The van der Waals surface area contributed by atoms with E-state index in [0.29, 0.717) is 29.3 Å². The lowest BCUT2D eigenvalue weighted by Crippen LogP contribution is -2.36. The van der Waals surface area contributed by atoms with Gasteiger partial charge in [-0.1, -0.05) is 18.2 Å². The molecule has 31 heavy (non-hydrogen) atoms. The van der Waals surface area contributed by atoms with Crippen LogP contribution in [-0.2, 0) is 0 Å². The average molecular weight is 425 g/mol. The molecule has 3 rings (SSSR count). The van der Waals surface area contributed by atoms with Crippen LogP contribution in [0.3, 0.4) is 0 Å². The van der Waals surface area contributed by atoms with Gasteiger partial charge in [0.15, 0.2) is 0 Å². The number of hydrogen-bond donors (Lipinski definition) is 5. The third-order valence-electron chi connectivity index (χ3n) is 5.49. The van der Waals surface area contributed by atoms with Gasteiger partial charge in [-0.3, -0.25) is 0 Å². The minimum atomic E-state index is -0.999. The summed E-state index contributed by atoms with van der Waals surface area (Å²) in [5.41, 5.74) is 20.8. The van der Waals surface area contributed by atoms with Gasteiger partial charge in [0.1, 0.15) is 17.3 Å². The minimum absolute atomic E-state index is 0.0750. The molecule has 8 nitrogen and oxygen atoms in total. The molecule has 1 aliphatic rings. The molecule has 0 saturated carbocycles. The van der Waals surface area contributed by atoms with Gasteiger partial charge >= 0.3 is 5.97 Å². The number of rotatable bonds is 6. The molecule has 164 valence electrons. The molecule has 0 spiro atoms. The number of carboxylic acid groups (broad SMARTS) is 1. The standard InChI is InChI=1S/C23H28N4O4/c1-31-21-11-14(23(29)30)8-9-16(21)15-5-4-10-27(13-15)19(22(25)26)12-18(24)17-6-2-3-7-20(17)28/h2-3,6-9,11-12,15,28H,4-5,10,13,24-26H2,1H3,(H,29,30)/b18-12-. The SMILES string of the molecule is COc1cc(C(=O)O)ccc1C1CCCN(C(/C=C(\N)c2ccccc2O)=C(N)N)C1. The first-order valence-corrected chi connectivity index (χ1v) is 9.98. The zero-order valence-electron chi connectivity index (χ0n) is 17.4. The Morgan fingerprint density at radius 2 is 1.94 bits per heavy atom. The Kier molecular flexibility index (Phi) is 6.59. The largest absolute Gasteiger partial charge is 0.507 e. The maximum absolute atomic E-state index is 11.3. The number of hydrogen-bond acceptors (Lipinski definition) is 7. The number of benzene rings is 2. The molecule has 1 aliphatic heterocycles. The molecular formula is C23H28N4O4. The summed E-state index contributed by atoms with van der Waals surface area (Å²) in [6, 6.07) is 11.7. The first-order chi connectivity index (χ1) is 14.8. The molecule has 1 heterocycles. The van der Waals surface area contributed by atoms with Crippen LogP contribution in [0.2, 0.25) is 0 Å². The van der Waals surface area contributed by atoms with Crippen LogP contribution in [-0.4, -0.2) is 41.3 Å². The van der Waals surface area contributed by atoms with E-state index in [1.807, 2.05) is 0 Å². The highest BCUT2D eigenvalue weighted by molar-refractivity contribution is 5.88. The van der Waals surface area contributed by atoms with Crippen molar-refractivity contribution in [1.29, 1.82) is 0 Å². The van der Waals surface area contributed by atoms with Crippen molar-refractivity contribution in [2.75, 3.05) is 20.2 Å². The van der Waals surface area contributed by atoms with E-state index in [4.69, 9.17) is 21.9 Å². The predicted octanol–water partition coefficient (Wildman–Crippen LogP) is 2.36. The normalized spacial score (nSPS) is 16.6. The van der Waals surface area contributed by atoms with Crippen molar-refractivity contribution in [1.82, 2.24) is 4.90 Å². The Morgan fingerprint density at radius 3 is 2.58 bits per heavy atom. The number of carboxylic acids is 1. The van der Waals surface area contributed by atoms with Crippen LogP contribution in [0, 0.1) is 0 Å². The lowest BCUT2D eigenvalue weighted by Gasteiger charge is -2.36. The molecule has 0 bridgehead atoms. The number of phenolic OH excluding ortho intramolecular Hbond substituents is 1. The smallest absolute Gasteiger partial charge is 0.335 e. The van der Waals surface area contributed by atoms with Crippen molar-refractivity contribution in [2.45, 2.75) is 18.8 Å². The lowest BCUT2D eigenvalue weighted by molar-refractivity contribution is 0.0696. The van der Waals surface area contributed by atoms with Crippen molar-refractivity contribution < 1.29 is 19.7 Å². The van der Waals surface area contributed by atoms with Gasteiger partial charge in [-0.15, -0.1) is 0 Å². The third-order valence-corrected chi connectivity index (χ3v) is 5.49. The van der Waals surface area contributed by atoms with Gasteiger partial charge < -0.3 is 37.1 Å². The Balaban J connectivity index is 1.89. The van der Waals surface area contributed by atoms with Crippen LogP contribution in [0.15, 0.2) is 60.1 Å². The third kappa shape index (κ3) is 4.85. The number of aromatic carboxylic acids is 1. The van der Waals surface area contributed by atoms with Crippen LogP contribution >= 0.6 is 0 Å². The number of piperidine rings is 1. The van der Waals surface area contributed by atoms with Crippen molar-refractivity contribution in [3.05, 3.63) is 76.7 Å². The highest BCUT2D eigenvalue weighted by Gasteiger charge is 2.26. The first-order valence-electron chi connectivity index (χ1n) is 9.98. The number of ether oxygens (including phenoxy) is 1. The number of para-hydroxylation sites is 1.